The number of hydrogen-bond donors (Lipinski definition) is 2. The molecule has 0 aliphatic heterocycles. The maximum Gasteiger partial charge on any atom is 0.228 e. The van der Waals surface area contributed by atoms with E-state index in [1.807, 2.05) is 62.3 Å². The summed E-state index contributed by atoms with van der Waals surface area (Å²) in [4.78, 5) is 28.1. The molecule has 1 saturated carbocycles. The molecule has 0 radical (unpaired) electrons. The molecule has 1 aliphatic rings. The first kappa shape index (κ1) is 17.3. The van der Waals surface area contributed by atoms with Gasteiger partial charge in [-0.25, -0.2) is 0 Å². The van der Waals surface area contributed by atoms with Gasteiger partial charge >= 0.3 is 0 Å². The van der Waals surface area contributed by atoms with Crippen molar-refractivity contribution in [3.63, 3.8) is 0 Å². The monoisotopic (exact) mass is 318 g/mol. The molecule has 1 fully saturated rings. The summed E-state index contributed by atoms with van der Waals surface area (Å²) in [6.07, 6.45) is 0.634. The molecule has 2 N–H and O–H groups in total. The molecular weight excluding hydrogens is 292 g/mol. The van der Waals surface area contributed by atoms with Gasteiger partial charge in [0, 0.05) is 38.6 Å². The zero-order chi connectivity index (χ0) is 17.0. The smallest absolute Gasteiger partial charge is 0.228 e. The molecule has 0 spiro atoms. The van der Waals surface area contributed by atoms with E-state index in [1.165, 1.54) is 0 Å². The molecule has 2 rings (SSSR count). The van der Waals surface area contributed by atoms with E-state index in [0.29, 0.717) is 13.0 Å². The first-order chi connectivity index (χ1) is 10.9. The van der Waals surface area contributed by atoms with Gasteiger partial charge in [0.15, 0.2) is 0 Å². The first-order valence-electron chi connectivity index (χ1n) is 7.89. The van der Waals surface area contributed by atoms with E-state index in [0.717, 1.165) is 17.9 Å². The molecule has 0 heterocycles. The molecule has 126 valence electrons. The number of hydrogen-bond acceptors (Lipinski definition) is 4. The summed E-state index contributed by atoms with van der Waals surface area (Å²) < 4.78 is 0. The van der Waals surface area contributed by atoms with Crippen LogP contribution in [0.3, 0.4) is 0 Å². The molecule has 1 aromatic rings. The third kappa shape index (κ3) is 4.96. The fraction of sp³-hybridized carbons (Fsp3) is 0.529. The second-order valence-corrected chi connectivity index (χ2v) is 6.47. The molecule has 23 heavy (non-hydrogen) atoms. The summed E-state index contributed by atoms with van der Waals surface area (Å²) in [7, 11) is 7.86. The molecule has 6 heteroatoms. The van der Waals surface area contributed by atoms with E-state index in [9.17, 15) is 9.59 Å². The predicted molar refractivity (Wildman–Crippen MR) is 92.6 cm³/mol. The Bertz CT molecular complexity index is 554. The number of amides is 2. The van der Waals surface area contributed by atoms with E-state index in [2.05, 4.69) is 10.6 Å². The standard InChI is InChI=1S/C17H26N4O2/c1-20(2)10-9-18-16(22)14-11-15(14)17(23)19-12-5-7-13(8-6-12)21(3)4/h5-8,14-15H,9-11H2,1-4H3,(H,18,22)(H,19,23). The highest BCUT2D eigenvalue weighted by atomic mass is 16.2. The van der Waals surface area contributed by atoms with Crippen molar-refractivity contribution in [3.05, 3.63) is 24.3 Å². The Balaban J connectivity index is 1.78. The lowest BCUT2D eigenvalue weighted by Crippen LogP contribution is -2.33. The molecule has 0 bridgehead atoms. The minimum atomic E-state index is -0.206. The quantitative estimate of drug-likeness (QED) is 0.787. The number of carbonyl (C=O) groups is 2. The zero-order valence-electron chi connectivity index (χ0n) is 14.3. The number of nitrogens with zero attached hydrogens (tertiary/aromatic N) is 2. The predicted octanol–water partition coefficient (Wildman–Crippen LogP) is 1.01. The number of carbonyl (C=O) groups excluding carboxylic acids is 2. The van der Waals surface area contributed by atoms with Crippen LogP contribution in [0.15, 0.2) is 24.3 Å². The number of benzene rings is 1. The largest absolute Gasteiger partial charge is 0.378 e. The van der Waals surface area contributed by atoms with Gasteiger partial charge in [0.1, 0.15) is 0 Å². The SMILES string of the molecule is CN(C)CCNC(=O)C1CC1C(=O)Nc1ccc(N(C)C)cc1. The number of anilines is 2. The molecule has 0 saturated heterocycles. The van der Waals surface area contributed by atoms with E-state index >= 15 is 0 Å². The zero-order valence-corrected chi connectivity index (χ0v) is 14.3. The van der Waals surface area contributed by atoms with Crippen LogP contribution in [0.1, 0.15) is 6.42 Å². The Kier molecular flexibility index (Phi) is 5.60. The van der Waals surface area contributed by atoms with Crippen LogP contribution in [0.5, 0.6) is 0 Å². The highest BCUT2D eigenvalue weighted by Gasteiger charge is 2.47. The Labute approximate surface area is 137 Å². The molecule has 0 aromatic heterocycles. The summed E-state index contributed by atoms with van der Waals surface area (Å²) in [6, 6.07) is 7.66. The van der Waals surface area contributed by atoms with Crippen LogP contribution in [0.4, 0.5) is 11.4 Å². The van der Waals surface area contributed by atoms with Crippen LogP contribution < -0.4 is 15.5 Å². The average Bonchev–Trinajstić information content (AvgIpc) is 3.28. The molecule has 1 aromatic carbocycles. The van der Waals surface area contributed by atoms with Crippen molar-refractivity contribution in [3.8, 4) is 0 Å². The van der Waals surface area contributed by atoms with Crippen molar-refractivity contribution >= 4 is 23.2 Å². The molecule has 2 atom stereocenters. The molecule has 2 amide bonds. The average molecular weight is 318 g/mol. The third-order valence-corrected chi connectivity index (χ3v) is 3.97. The maximum atomic E-state index is 12.2. The van der Waals surface area contributed by atoms with Crippen LogP contribution in [0, 0.1) is 11.8 Å². The van der Waals surface area contributed by atoms with Crippen LogP contribution in [-0.2, 0) is 9.59 Å². The number of likely N-dealkylation sites (N-methyl/N-ethyl adjacent to an activating group) is 1. The van der Waals surface area contributed by atoms with Crippen molar-refractivity contribution < 1.29 is 9.59 Å². The van der Waals surface area contributed by atoms with Gasteiger partial charge in [-0.3, -0.25) is 9.59 Å². The molecule has 6 nitrogen and oxygen atoms in total. The Hall–Kier alpha value is -2.08. The van der Waals surface area contributed by atoms with Crippen molar-refractivity contribution in [2.75, 3.05) is 51.5 Å². The summed E-state index contributed by atoms with van der Waals surface area (Å²) in [5, 5.41) is 5.76. The lowest BCUT2D eigenvalue weighted by molar-refractivity contribution is -0.125. The minimum Gasteiger partial charge on any atom is -0.378 e. The molecule has 1 aliphatic carbocycles. The van der Waals surface area contributed by atoms with Crippen molar-refractivity contribution in [2.24, 2.45) is 11.8 Å². The Morgan fingerprint density at radius 2 is 1.65 bits per heavy atom. The maximum absolute atomic E-state index is 12.2. The van der Waals surface area contributed by atoms with Crippen LogP contribution >= 0.6 is 0 Å². The van der Waals surface area contributed by atoms with Crippen LogP contribution in [0.25, 0.3) is 0 Å². The number of nitrogens with one attached hydrogen (secondary N) is 2. The lowest BCUT2D eigenvalue weighted by atomic mass is 10.2. The summed E-state index contributed by atoms with van der Waals surface area (Å²) >= 11 is 0. The van der Waals surface area contributed by atoms with E-state index in [1.54, 1.807) is 0 Å². The van der Waals surface area contributed by atoms with E-state index < -0.39 is 0 Å². The highest BCUT2D eigenvalue weighted by Crippen LogP contribution is 2.39. The van der Waals surface area contributed by atoms with Gasteiger partial charge in [-0.1, -0.05) is 0 Å². The number of rotatable bonds is 7. The molecule has 2 unspecified atom stereocenters. The molecular formula is C17H26N4O2. The van der Waals surface area contributed by atoms with Crippen molar-refractivity contribution in [1.82, 2.24) is 10.2 Å². The van der Waals surface area contributed by atoms with Crippen molar-refractivity contribution in [2.45, 2.75) is 6.42 Å². The second kappa shape index (κ2) is 7.46. The van der Waals surface area contributed by atoms with Crippen molar-refractivity contribution in [1.29, 1.82) is 0 Å². The van der Waals surface area contributed by atoms with E-state index in [-0.39, 0.29) is 23.7 Å². The van der Waals surface area contributed by atoms with Crippen LogP contribution in [0.2, 0.25) is 0 Å². The minimum absolute atomic E-state index is 0.0186. The Morgan fingerprint density at radius 3 is 2.22 bits per heavy atom. The van der Waals surface area contributed by atoms with Gasteiger partial charge in [0.2, 0.25) is 11.8 Å². The topological polar surface area (TPSA) is 64.7 Å². The second-order valence-electron chi connectivity index (χ2n) is 6.47. The fourth-order valence-corrected chi connectivity index (χ4v) is 2.39. The fourth-order valence-electron chi connectivity index (χ4n) is 2.39. The summed E-state index contributed by atoms with van der Waals surface area (Å²) in [6.45, 7) is 1.41. The van der Waals surface area contributed by atoms with Gasteiger partial charge in [0.05, 0.1) is 11.8 Å². The lowest BCUT2D eigenvalue weighted by Gasteiger charge is -2.13. The van der Waals surface area contributed by atoms with Crippen LogP contribution in [-0.4, -0.2) is 58.0 Å². The first-order valence-corrected chi connectivity index (χ1v) is 7.89. The highest BCUT2D eigenvalue weighted by molar-refractivity contribution is 5.99. The van der Waals surface area contributed by atoms with Gasteiger partial charge in [-0.2, -0.15) is 0 Å². The summed E-state index contributed by atoms with van der Waals surface area (Å²) in [5.74, 6) is -0.480. The van der Waals surface area contributed by atoms with Gasteiger partial charge in [0.25, 0.3) is 0 Å². The van der Waals surface area contributed by atoms with Gasteiger partial charge in [-0.15, -0.1) is 0 Å². The van der Waals surface area contributed by atoms with Gasteiger partial charge < -0.3 is 20.4 Å². The normalized spacial score (nSPS) is 19.3. The van der Waals surface area contributed by atoms with Gasteiger partial charge in [-0.05, 0) is 44.8 Å². The Morgan fingerprint density at radius 1 is 1.04 bits per heavy atom. The van der Waals surface area contributed by atoms with E-state index in [4.69, 9.17) is 0 Å². The summed E-state index contributed by atoms with van der Waals surface area (Å²) in [5.41, 5.74) is 1.84. The third-order valence-electron chi connectivity index (χ3n) is 3.97.